The van der Waals surface area contributed by atoms with Gasteiger partial charge in [0.1, 0.15) is 13.2 Å². The first kappa shape index (κ1) is 74.3. The van der Waals surface area contributed by atoms with Crippen LogP contribution in [-0.4, -0.2) is 37.2 Å². The van der Waals surface area contributed by atoms with Crippen molar-refractivity contribution in [1.29, 1.82) is 0 Å². The standard InChI is InChI=1S/C72H124O6/c1-4-7-10-13-16-19-22-25-28-31-33-35-36-38-39-41-44-47-50-53-56-59-62-65-71(74)77-68-69(67-76-70(73)64-61-58-55-52-49-46-43-30-27-24-21-18-15-12-9-6-3)78-72(75)66-63-60-57-54-51-48-45-42-40-37-34-32-29-26-23-20-17-14-11-8-5-2/h7,10,16,19,25,28,30,32-35,38-39,43-44,47,69H,4-6,8-9,11-15,17-18,20-24,26-27,29,31,36-37,40-42,45-46,48-68H2,1-3H3/b10-7-,19-16-,28-25-,34-32-,35-33-,39-38-,43-30-,47-44-. The first-order chi connectivity index (χ1) is 38.5. The molecule has 0 saturated carbocycles. The van der Waals surface area contributed by atoms with E-state index in [0.29, 0.717) is 19.3 Å². The second kappa shape index (κ2) is 65.8. The van der Waals surface area contributed by atoms with Gasteiger partial charge in [-0.3, -0.25) is 14.4 Å². The third kappa shape index (κ3) is 63.2. The smallest absolute Gasteiger partial charge is 0.306 e. The first-order valence-corrected chi connectivity index (χ1v) is 33.2. The Morgan fingerprint density at radius 2 is 0.500 bits per heavy atom. The molecule has 0 N–H and O–H groups in total. The lowest BCUT2D eigenvalue weighted by molar-refractivity contribution is -0.167. The van der Waals surface area contributed by atoms with E-state index in [9.17, 15) is 14.4 Å². The Morgan fingerprint density at radius 1 is 0.269 bits per heavy atom. The molecule has 448 valence electrons. The van der Waals surface area contributed by atoms with Gasteiger partial charge in [0.05, 0.1) is 0 Å². The Morgan fingerprint density at radius 3 is 0.795 bits per heavy atom. The van der Waals surface area contributed by atoms with Crippen LogP contribution in [0.5, 0.6) is 0 Å². The molecule has 0 amide bonds. The van der Waals surface area contributed by atoms with Crippen LogP contribution in [0.2, 0.25) is 0 Å². The lowest BCUT2D eigenvalue weighted by Gasteiger charge is -2.18. The highest BCUT2D eigenvalue weighted by molar-refractivity contribution is 5.71. The van der Waals surface area contributed by atoms with Gasteiger partial charge in [0.25, 0.3) is 0 Å². The van der Waals surface area contributed by atoms with Crippen LogP contribution in [0.3, 0.4) is 0 Å². The maximum atomic E-state index is 12.9. The molecule has 0 saturated heterocycles. The molecule has 0 aromatic rings. The summed E-state index contributed by atoms with van der Waals surface area (Å²) in [5.74, 6) is -0.913. The zero-order chi connectivity index (χ0) is 56.4. The van der Waals surface area contributed by atoms with Crippen molar-refractivity contribution in [2.45, 2.75) is 329 Å². The predicted octanol–water partition coefficient (Wildman–Crippen LogP) is 22.8. The summed E-state index contributed by atoms with van der Waals surface area (Å²) < 4.78 is 16.9. The van der Waals surface area contributed by atoms with Gasteiger partial charge in [0.15, 0.2) is 6.10 Å². The average molecular weight is 1090 g/mol. The molecule has 0 spiro atoms. The summed E-state index contributed by atoms with van der Waals surface area (Å²) in [7, 11) is 0. The Labute approximate surface area is 483 Å². The minimum absolute atomic E-state index is 0.0900. The van der Waals surface area contributed by atoms with E-state index < -0.39 is 6.10 Å². The van der Waals surface area contributed by atoms with Gasteiger partial charge >= 0.3 is 17.9 Å². The number of esters is 3. The van der Waals surface area contributed by atoms with Crippen LogP contribution < -0.4 is 0 Å². The molecule has 6 heteroatoms. The molecule has 78 heavy (non-hydrogen) atoms. The van der Waals surface area contributed by atoms with E-state index in [0.717, 1.165) is 116 Å². The molecule has 0 rings (SSSR count). The van der Waals surface area contributed by atoms with Crippen molar-refractivity contribution < 1.29 is 28.6 Å². The van der Waals surface area contributed by atoms with Crippen LogP contribution >= 0.6 is 0 Å². The Hall–Kier alpha value is -3.67. The van der Waals surface area contributed by atoms with Crippen LogP contribution in [0.25, 0.3) is 0 Å². The van der Waals surface area contributed by atoms with Crippen LogP contribution in [0, 0.1) is 0 Å². The number of carbonyl (C=O) groups is 3. The van der Waals surface area contributed by atoms with Gasteiger partial charge in [-0.25, -0.2) is 0 Å². The molecule has 0 aromatic heterocycles. The summed E-state index contributed by atoms with van der Waals surface area (Å²) in [5.41, 5.74) is 0. The maximum absolute atomic E-state index is 12.9. The van der Waals surface area contributed by atoms with Crippen molar-refractivity contribution in [3.63, 3.8) is 0 Å². The molecule has 6 nitrogen and oxygen atoms in total. The van der Waals surface area contributed by atoms with Gasteiger partial charge in [-0.2, -0.15) is 0 Å². The van der Waals surface area contributed by atoms with Crippen LogP contribution in [0.15, 0.2) is 97.2 Å². The number of rotatable bonds is 60. The summed E-state index contributed by atoms with van der Waals surface area (Å²) >= 11 is 0. The normalized spacial score (nSPS) is 12.7. The minimum atomic E-state index is -0.795. The maximum Gasteiger partial charge on any atom is 0.306 e. The highest BCUT2D eigenvalue weighted by Crippen LogP contribution is 2.16. The zero-order valence-corrected chi connectivity index (χ0v) is 51.4. The zero-order valence-electron chi connectivity index (χ0n) is 51.4. The van der Waals surface area contributed by atoms with Crippen LogP contribution in [-0.2, 0) is 28.6 Å². The SMILES string of the molecule is CC/C=C\C/C=C\C/C=C\C/C=C\C/C=C\C/C=C\CCCCCCC(=O)OCC(COC(=O)CCCCCCC/C=C\CCCCCCCCC)OC(=O)CCCCCCCCCCC/C=C\CCCCCCCCCC. The summed E-state index contributed by atoms with van der Waals surface area (Å²) in [4.78, 5) is 38.4. The molecule has 0 radical (unpaired) electrons. The molecule has 0 heterocycles. The lowest BCUT2D eigenvalue weighted by Crippen LogP contribution is -2.30. The third-order valence-electron chi connectivity index (χ3n) is 14.3. The third-order valence-corrected chi connectivity index (χ3v) is 14.3. The molecule has 0 aliphatic rings. The molecule has 1 unspecified atom stereocenters. The van der Waals surface area contributed by atoms with Crippen molar-refractivity contribution in [3.05, 3.63) is 97.2 Å². The minimum Gasteiger partial charge on any atom is -0.462 e. The number of ether oxygens (including phenoxy) is 3. The summed E-state index contributed by atoms with van der Waals surface area (Å²) in [6.07, 6.45) is 88.4. The number of allylic oxidation sites excluding steroid dienone is 16. The summed E-state index contributed by atoms with van der Waals surface area (Å²) in [5, 5.41) is 0. The fraction of sp³-hybridized carbons (Fsp3) is 0.736. The fourth-order valence-corrected chi connectivity index (χ4v) is 9.32. The van der Waals surface area contributed by atoms with Gasteiger partial charge in [-0.1, -0.05) is 279 Å². The van der Waals surface area contributed by atoms with Gasteiger partial charge in [0.2, 0.25) is 0 Å². The van der Waals surface area contributed by atoms with Crippen molar-refractivity contribution >= 4 is 17.9 Å². The van der Waals surface area contributed by atoms with Crippen molar-refractivity contribution in [2.75, 3.05) is 13.2 Å². The molecule has 0 aliphatic heterocycles. The summed E-state index contributed by atoms with van der Waals surface area (Å²) in [6.45, 7) is 6.53. The lowest BCUT2D eigenvalue weighted by atomic mass is 10.1. The number of unbranched alkanes of at least 4 members (excludes halogenated alkanes) is 33. The van der Waals surface area contributed by atoms with E-state index >= 15 is 0 Å². The van der Waals surface area contributed by atoms with Crippen molar-refractivity contribution in [2.24, 2.45) is 0 Å². The largest absolute Gasteiger partial charge is 0.462 e. The highest BCUT2D eigenvalue weighted by atomic mass is 16.6. The second-order valence-electron chi connectivity index (χ2n) is 22.0. The summed E-state index contributed by atoms with van der Waals surface area (Å²) in [6, 6.07) is 0. The van der Waals surface area contributed by atoms with Gasteiger partial charge in [-0.15, -0.1) is 0 Å². The molecule has 0 bridgehead atoms. The molecule has 0 fully saturated rings. The van der Waals surface area contributed by atoms with Gasteiger partial charge in [0, 0.05) is 19.3 Å². The van der Waals surface area contributed by atoms with Gasteiger partial charge in [-0.05, 0) is 122 Å². The number of carbonyl (C=O) groups excluding carboxylic acids is 3. The Bertz CT molecular complexity index is 1530. The van der Waals surface area contributed by atoms with Crippen LogP contribution in [0.4, 0.5) is 0 Å². The van der Waals surface area contributed by atoms with E-state index in [1.165, 1.54) is 167 Å². The number of hydrogen-bond acceptors (Lipinski definition) is 6. The van der Waals surface area contributed by atoms with E-state index in [4.69, 9.17) is 14.2 Å². The Kier molecular flexibility index (Phi) is 62.7. The molecular formula is C72H124O6. The Balaban J connectivity index is 4.43. The molecule has 1 atom stereocenters. The quantitative estimate of drug-likeness (QED) is 0.0261. The van der Waals surface area contributed by atoms with Crippen LogP contribution in [0.1, 0.15) is 323 Å². The first-order valence-electron chi connectivity index (χ1n) is 33.2. The van der Waals surface area contributed by atoms with E-state index in [-0.39, 0.29) is 31.1 Å². The topological polar surface area (TPSA) is 78.9 Å². The fourth-order valence-electron chi connectivity index (χ4n) is 9.32. The highest BCUT2D eigenvalue weighted by Gasteiger charge is 2.19. The van der Waals surface area contributed by atoms with Gasteiger partial charge < -0.3 is 14.2 Å². The average Bonchev–Trinajstić information content (AvgIpc) is 3.44. The molecule has 0 aliphatic carbocycles. The van der Waals surface area contributed by atoms with Crippen molar-refractivity contribution in [1.82, 2.24) is 0 Å². The second-order valence-corrected chi connectivity index (χ2v) is 22.0. The molecule has 0 aromatic carbocycles. The van der Waals surface area contributed by atoms with E-state index in [2.05, 4.69) is 118 Å². The van der Waals surface area contributed by atoms with Crippen molar-refractivity contribution in [3.8, 4) is 0 Å². The van der Waals surface area contributed by atoms with E-state index in [1.54, 1.807) is 0 Å². The predicted molar refractivity (Wildman–Crippen MR) is 339 cm³/mol. The monoisotopic (exact) mass is 1080 g/mol. The van der Waals surface area contributed by atoms with E-state index in [1.807, 2.05) is 0 Å². The molecular weight excluding hydrogens is 961 g/mol. The number of hydrogen-bond donors (Lipinski definition) is 0.